The zero-order valence-corrected chi connectivity index (χ0v) is 19.1. The fraction of sp³-hybridized carbons (Fsp3) is 0.259. The maximum absolute atomic E-state index is 14.5. The van der Waals surface area contributed by atoms with Crippen molar-refractivity contribution in [3.63, 3.8) is 0 Å². The Labute approximate surface area is 201 Å². The molecule has 1 fully saturated rings. The molecule has 0 aliphatic carbocycles. The quantitative estimate of drug-likeness (QED) is 0.433. The number of carbonyl (C=O) groups excluding carboxylic acids is 2. The van der Waals surface area contributed by atoms with Crippen LogP contribution < -0.4 is 5.32 Å². The van der Waals surface area contributed by atoms with Crippen molar-refractivity contribution in [3.05, 3.63) is 101 Å². The molecule has 1 aliphatic heterocycles. The molecule has 0 radical (unpaired) electrons. The molecule has 3 aromatic rings. The molecule has 2 atom stereocenters. The number of ether oxygens (including phenoxy) is 1. The zero-order chi connectivity index (χ0) is 24.9. The summed E-state index contributed by atoms with van der Waals surface area (Å²) < 4.78 is 48.5. The van der Waals surface area contributed by atoms with Crippen LogP contribution in [0.1, 0.15) is 53.3 Å². The SMILES string of the molecule is CCOC(=O)c1ccc(C(Nc2c(F)cccc2F)C(=O)N2CCC[C@H]2c2ccccc2F)cc1. The minimum Gasteiger partial charge on any atom is -0.462 e. The van der Waals surface area contributed by atoms with E-state index in [4.69, 9.17) is 4.74 Å². The summed E-state index contributed by atoms with van der Waals surface area (Å²) in [6.07, 6.45) is 1.22. The van der Waals surface area contributed by atoms with Crippen molar-refractivity contribution in [1.82, 2.24) is 4.90 Å². The van der Waals surface area contributed by atoms with Gasteiger partial charge in [-0.15, -0.1) is 0 Å². The Hall–Kier alpha value is -3.81. The monoisotopic (exact) mass is 482 g/mol. The van der Waals surface area contributed by atoms with Crippen LogP contribution in [0.4, 0.5) is 18.9 Å². The molecule has 1 N–H and O–H groups in total. The molecule has 35 heavy (non-hydrogen) atoms. The van der Waals surface area contributed by atoms with Gasteiger partial charge in [0, 0.05) is 12.1 Å². The van der Waals surface area contributed by atoms with Crippen LogP contribution in [0.15, 0.2) is 66.7 Å². The van der Waals surface area contributed by atoms with Gasteiger partial charge in [0.1, 0.15) is 29.2 Å². The number of nitrogens with one attached hydrogen (secondary N) is 1. The van der Waals surface area contributed by atoms with Crippen molar-refractivity contribution in [2.75, 3.05) is 18.5 Å². The minimum absolute atomic E-state index is 0.211. The molecule has 4 rings (SSSR count). The highest BCUT2D eigenvalue weighted by atomic mass is 19.1. The Bertz CT molecular complexity index is 1200. The van der Waals surface area contributed by atoms with Crippen molar-refractivity contribution in [1.29, 1.82) is 0 Å². The Balaban J connectivity index is 1.70. The lowest BCUT2D eigenvalue weighted by molar-refractivity contribution is -0.133. The van der Waals surface area contributed by atoms with Gasteiger partial charge in [-0.05, 0) is 55.7 Å². The molecule has 8 heteroatoms. The lowest BCUT2D eigenvalue weighted by Crippen LogP contribution is -2.38. The van der Waals surface area contributed by atoms with Crippen LogP contribution in [0.3, 0.4) is 0 Å². The lowest BCUT2D eigenvalue weighted by atomic mass is 10.00. The summed E-state index contributed by atoms with van der Waals surface area (Å²) >= 11 is 0. The third-order valence-corrected chi connectivity index (χ3v) is 6.05. The minimum atomic E-state index is -1.18. The summed E-state index contributed by atoms with van der Waals surface area (Å²) in [5.74, 6) is -3.09. The van der Waals surface area contributed by atoms with Crippen LogP contribution in [0.25, 0.3) is 0 Å². The molecule has 182 valence electrons. The molecule has 1 amide bonds. The topological polar surface area (TPSA) is 58.6 Å². The average molecular weight is 483 g/mol. The Kier molecular flexibility index (Phi) is 7.39. The first-order valence-electron chi connectivity index (χ1n) is 11.4. The molecule has 0 spiro atoms. The number of hydrogen-bond donors (Lipinski definition) is 1. The van der Waals surface area contributed by atoms with Crippen molar-refractivity contribution in [2.45, 2.75) is 31.8 Å². The van der Waals surface area contributed by atoms with Gasteiger partial charge < -0.3 is 15.0 Å². The summed E-state index contributed by atoms with van der Waals surface area (Å²) in [5.41, 5.74) is 0.628. The van der Waals surface area contributed by atoms with Crippen LogP contribution in [-0.4, -0.2) is 29.9 Å². The Morgan fingerprint density at radius 1 is 0.971 bits per heavy atom. The van der Waals surface area contributed by atoms with Gasteiger partial charge in [0.05, 0.1) is 18.2 Å². The molecular weight excluding hydrogens is 457 g/mol. The second-order valence-corrected chi connectivity index (χ2v) is 8.23. The predicted octanol–water partition coefficient (Wildman–Crippen LogP) is 5.80. The summed E-state index contributed by atoms with van der Waals surface area (Å²) in [5, 5.41) is 2.72. The van der Waals surface area contributed by atoms with Gasteiger partial charge in [0.2, 0.25) is 5.91 Å². The molecule has 1 saturated heterocycles. The Morgan fingerprint density at radius 3 is 2.29 bits per heavy atom. The van der Waals surface area contributed by atoms with E-state index >= 15 is 0 Å². The molecule has 0 bridgehead atoms. The molecule has 3 aromatic carbocycles. The van der Waals surface area contributed by atoms with Crippen molar-refractivity contribution >= 4 is 17.6 Å². The maximum Gasteiger partial charge on any atom is 0.338 e. The van der Waals surface area contributed by atoms with E-state index in [0.717, 1.165) is 12.1 Å². The second kappa shape index (κ2) is 10.6. The first-order valence-corrected chi connectivity index (χ1v) is 11.4. The number of rotatable bonds is 7. The molecule has 1 heterocycles. The largest absolute Gasteiger partial charge is 0.462 e. The molecule has 1 aliphatic rings. The first-order chi connectivity index (χ1) is 16.9. The van der Waals surface area contributed by atoms with Gasteiger partial charge in [0.15, 0.2) is 0 Å². The number of carbonyl (C=O) groups is 2. The number of amides is 1. The third-order valence-electron chi connectivity index (χ3n) is 6.05. The predicted molar refractivity (Wildman–Crippen MR) is 125 cm³/mol. The summed E-state index contributed by atoms with van der Waals surface area (Å²) in [6, 6.07) is 14.1. The van der Waals surface area contributed by atoms with Crippen molar-refractivity contribution in [3.8, 4) is 0 Å². The number of esters is 1. The average Bonchev–Trinajstić information content (AvgIpc) is 3.34. The van der Waals surface area contributed by atoms with E-state index in [9.17, 15) is 22.8 Å². The zero-order valence-electron chi connectivity index (χ0n) is 19.1. The summed E-state index contributed by atoms with van der Waals surface area (Å²) in [7, 11) is 0. The van der Waals surface area contributed by atoms with Crippen LogP contribution in [-0.2, 0) is 9.53 Å². The number of nitrogens with zero attached hydrogens (tertiary/aromatic N) is 1. The van der Waals surface area contributed by atoms with Gasteiger partial charge >= 0.3 is 5.97 Å². The van der Waals surface area contributed by atoms with Crippen LogP contribution in [0.2, 0.25) is 0 Å². The number of hydrogen-bond acceptors (Lipinski definition) is 4. The number of halogens is 3. The van der Waals surface area contributed by atoms with E-state index in [1.807, 2.05) is 0 Å². The van der Waals surface area contributed by atoms with E-state index in [1.165, 1.54) is 41.3 Å². The van der Waals surface area contributed by atoms with E-state index in [0.29, 0.717) is 30.5 Å². The second-order valence-electron chi connectivity index (χ2n) is 8.23. The highest BCUT2D eigenvalue weighted by Crippen LogP contribution is 2.36. The number of para-hydroxylation sites is 1. The van der Waals surface area contributed by atoms with Gasteiger partial charge in [-0.2, -0.15) is 0 Å². The normalized spacial score (nSPS) is 16.1. The molecule has 0 aromatic heterocycles. The molecular formula is C27H25F3N2O3. The highest BCUT2D eigenvalue weighted by Gasteiger charge is 2.36. The van der Waals surface area contributed by atoms with Crippen molar-refractivity contribution < 1.29 is 27.5 Å². The fourth-order valence-corrected chi connectivity index (χ4v) is 4.36. The Morgan fingerprint density at radius 2 is 1.63 bits per heavy atom. The lowest BCUT2D eigenvalue weighted by Gasteiger charge is -2.30. The number of likely N-dealkylation sites (tertiary alicyclic amines) is 1. The first kappa shape index (κ1) is 24.3. The van der Waals surface area contributed by atoms with Gasteiger partial charge in [-0.3, -0.25) is 4.79 Å². The van der Waals surface area contributed by atoms with E-state index in [1.54, 1.807) is 25.1 Å². The van der Waals surface area contributed by atoms with Crippen LogP contribution >= 0.6 is 0 Å². The van der Waals surface area contributed by atoms with Gasteiger partial charge in [-0.25, -0.2) is 18.0 Å². The number of benzene rings is 3. The molecule has 0 saturated carbocycles. The third kappa shape index (κ3) is 5.16. The van der Waals surface area contributed by atoms with Gasteiger partial charge in [0.25, 0.3) is 0 Å². The van der Waals surface area contributed by atoms with Crippen LogP contribution in [0.5, 0.6) is 0 Å². The maximum atomic E-state index is 14.5. The molecule has 1 unspecified atom stereocenters. The van der Waals surface area contributed by atoms with E-state index in [-0.39, 0.29) is 12.2 Å². The van der Waals surface area contributed by atoms with Crippen molar-refractivity contribution in [2.24, 2.45) is 0 Å². The smallest absolute Gasteiger partial charge is 0.338 e. The fourth-order valence-electron chi connectivity index (χ4n) is 4.36. The van der Waals surface area contributed by atoms with Crippen LogP contribution in [0, 0.1) is 17.5 Å². The summed E-state index contributed by atoms with van der Waals surface area (Å²) in [4.78, 5) is 27.4. The standard InChI is InChI=1S/C27H25F3N2O3/c1-2-35-27(34)18-14-12-17(13-15-18)24(31-25-21(29)9-5-10-22(25)30)26(33)32-16-6-11-23(32)19-7-3-4-8-20(19)28/h3-5,7-10,12-15,23-24,31H,2,6,11,16H2,1H3/t23-,24?/m0/s1. The highest BCUT2D eigenvalue weighted by molar-refractivity contribution is 5.90. The molecule has 5 nitrogen and oxygen atoms in total. The van der Waals surface area contributed by atoms with Gasteiger partial charge in [-0.1, -0.05) is 36.4 Å². The van der Waals surface area contributed by atoms with E-state index < -0.39 is 47.1 Å². The van der Waals surface area contributed by atoms with E-state index in [2.05, 4.69) is 5.32 Å². The summed E-state index contributed by atoms with van der Waals surface area (Å²) in [6.45, 7) is 2.27. The number of anilines is 1.